The molecule has 2 N–H and O–H groups in total. The van der Waals surface area contributed by atoms with Gasteiger partial charge in [-0.15, -0.1) is 0 Å². The van der Waals surface area contributed by atoms with E-state index in [-0.39, 0.29) is 10.8 Å². The number of nitrogens with one attached hydrogen (secondary N) is 2. The fourth-order valence-corrected chi connectivity index (χ4v) is 3.98. The van der Waals surface area contributed by atoms with E-state index < -0.39 is 10.8 Å². The van der Waals surface area contributed by atoms with Gasteiger partial charge in [-0.25, -0.2) is 4.79 Å². The molecule has 0 spiro atoms. The van der Waals surface area contributed by atoms with Gasteiger partial charge < -0.3 is 10.6 Å². The molecule has 1 saturated heterocycles. The van der Waals surface area contributed by atoms with E-state index in [2.05, 4.69) is 17.6 Å². The van der Waals surface area contributed by atoms with Gasteiger partial charge in [-0.1, -0.05) is 6.07 Å². The van der Waals surface area contributed by atoms with E-state index in [1.165, 1.54) is 12.2 Å². The highest BCUT2D eigenvalue weighted by Crippen LogP contribution is 2.36. The summed E-state index contributed by atoms with van der Waals surface area (Å²) in [5.74, 6) is 1.17. The van der Waals surface area contributed by atoms with Gasteiger partial charge in [-0.05, 0) is 43.7 Å². The normalized spacial score (nSPS) is 23.3. The van der Waals surface area contributed by atoms with Crippen LogP contribution in [0.4, 0.5) is 10.5 Å². The smallest absolute Gasteiger partial charge is 0.319 e. The van der Waals surface area contributed by atoms with Gasteiger partial charge in [0.15, 0.2) is 0 Å². The third-order valence-electron chi connectivity index (χ3n) is 3.35. The van der Waals surface area contributed by atoms with Gasteiger partial charge >= 0.3 is 6.03 Å². The molecule has 0 aliphatic carbocycles. The van der Waals surface area contributed by atoms with E-state index >= 15 is 0 Å². The topological polar surface area (TPSA) is 58.2 Å². The zero-order chi connectivity index (χ0) is 14.6. The SMILES string of the molecule is C[S@](=O)c1cccc(NC(=O)NC[C@]2(C)CCCS2)c1. The average molecular weight is 312 g/mol. The summed E-state index contributed by atoms with van der Waals surface area (Å²) >= 11 is 1.92. The lowest BCUT2D eigenvalue weighted by molar-refractivity contribution is 0.251. The summed E-state index contributed by atoms with van der Waals surface area (Å²) in [4.78, 5) is 12.6. The maximum atomic E-state index is 11.9. The molecule has 1 aliphatic heterocycles. The molecule has 0 unspecified atom stereocenters. The van der Waals surface area contributed by atoms with Gasteiger partial charge in [-0.2, -0.15) is 11.8 Å². The Hall–Kier alpha value is -1.01. The quantitative estimate of drug-likeness (QED) is 0.899. The number of carbonyl (C=O) groups is 1. The second kappa shape index (κ2) is 6.63. The molecule has 1 aromatic rings. The number of rotatable bonds is 4. The van der Waals surface area contributed by atoms with Crippen LogP contribution in [0.15, 0.2) is 29.2 Å². The van der Waals surface area contributed by atoms with E-state index in [1.54, 1.807) is 30.5 Å². The highest BCUT2D eigenvalue weighted by molar-refractivity contribution is 8.00. The molecule has 4 nitrogen and oxygen atoms in total. The molecule has 1 aromatic carbocycles. The second-order valence-corrected chi connectivity index (χ2v) is 8.25. The van der Waals surface area contributed by atoms with E-state index in [9.17, 15) is 9.00 Å². The molecule has 20 heavy (non-hydrogen) atoms. The summed E-state index contributed by atoms with van der Waals surface area (Å²) < 4.78 is 11.6. The number of anilines is 1. The molecule has 110 valence electrons. The predicted octanol–water partition coefficient (Wildman–Crippen LogP) is 2.83. The summed E-state index contributed by atoms with van der Waals surface area (Å²) in [6.45, 7) is 2.86. The van der Waals surface area contributed by atoms with Crippen LogP contribution in [0.3, 0.4) is 0 Å². The lowest BCUT2D eigenvalue weighted by Gasteiger charge is -2.22. The fraction of sp³-hybridized carbons (Fsp3) is 0.500. The van der Waals surface area contributed by atoms with Crippen molar-refractivity contribution in [2.24, 2.45) is 0 Å². The van der Waals surface area contributed by atoms with Crippen LogP contribution < -0.4 is 10.6 Å². The third-order valence-corrected chi connectivity index (χ3v) is 5.80. The largest absolute Gasteiger partial charge is 0.336 e. The van der Waals surface area contributed by atoms with Crippen molar-refractivity contribution in [3.05, 3.63) is 24.3 Å². The Balaban J connectivity index is 1.88. The molecular weight excluding hydrogens is 292 g/mol. The monoisotopic (exact) mass is 312 g/mol. The van der Waals surface area contributed by atoms with Gasteiger partial charge in [0.05, 0.1) is 0 Å². The van der Waals surface area contributed by atoms with Gasteiger partial charge in [0.25, 0.3) is 0 Å². The van der Waals surface area contributed by atoms with Crippen molar-refractivity contribution in [3.63, 3.8) is 0 Å². The van der Waals surface area contributed by atoms with E-state index in [0.29, 0.717) is 17.1 Å². The van der Waals surface area contributed by atoms with Crippen LogP contribution in [0.1, 0.15) is 19.8 Å². The number of thioether (sulfide) groups is 1. The van der Waals surface area contributed by atoms with Crippen LogP contribution >= 0.6 is 11.8 Å². The van der Waals surface area contributed by atoms with Crippen molar-refractivity contribution in [1.29, 1.82) is 0 Å². The average Bonchev–Trinajstić information content (AvgIpc) is 2.84. The summed E-state index contributed by atoms with van der Waals surface area (Å²) in [5.41, 5.74) is 0.666. The Morgan fingerprint density at radius 3 is 2.95 bits per heavy atom. The summed E-state index contributed by atoms with van der Waals surface area (Å²) in [7, 11) is -1.04. The third kappa shape index (κ3) is 4.24. The first-order chi connectivity index (χ1) is 9.48. The van der Waals surface area contributed by atoms with Crippen LogP contribution in [-0.4, -0.2) is 33.5 Å². The Labute approximate surface area is 126 Å². The van der Waals surface area contributed by atoms with Gasteiger partial charge in [0.2, 0.25) is 0 Å². The van der Waals surface area contributed by atoms with Crippen molar-refractivity contribution in [2.45, 2.75) is 29.4 Å². The molecule has 0 aromatic heterocycles. The molecule has 1 aliphatic rings. The van der Waals surface area contributed by atoms with Crippen molar-refractivity contribution in [2.75, 3.05) is 23.9 Å². The first-order valence-corrected chi connectivity index (χ1v) is 9.15. The Kier molecular flexibility index (Phi) is 5.10. The van der Waals surface area contributed by atoms with Crippen molar-refractivity contribution >= 4 is 34.3 Å². The predicted molar refractivity (Wildman–Crippen MR) is 85.9 cm³/mol. The minimum Gasteiger partial charge on any atom is -0.336 e. The minimum absolute atomic E-state index is 0.157. The molecule has 1 heterocycles. The van der Waals surface area contributed by atoms with Gasteiger partial charge in [-0.3, -0.25) is 4.21 Å². The Morgan fingerprint density at radius 1 is 1.50 bits per heavy atom. The lowest BCUT2D eigenvalue weighted by Crippen LogP contribution is -2.39. The number of amides is 2. The fourth-order valence-electron chi connectivity index (χ4n) is 2.17. The zero-order valence-electron chi connectivity index (χ0n) is 11.8. The zero-order valence-corrected chi connectivity index (χ0v) is 13.4. The summed E-state index contributed by atoms with van der Waals surface area (Å²) in [6, 6.07) is 6.90. The minimum atomic E-state index is -1.04. The molecule has 0 saturated carbocycles. The number of benzene rings is 1. The maximum absolute atomic E-state index is 11.9. The standard InChI is InChI=1S/C14H20N2O2S2/c1-14(7-4-8-19-14)10-15-13(17)16-11-5-3-6-12(9-11)20(2)18/h3,5-6,9H,4,7-8,10H2,1-2H3,(H2,15,16,17)/t14-,20-/m0/s1. The first-order valence-electron chi connectivity index (χ1n) is 6.61. The molecule has 6 heteroatoms. The summed E-state index contributed by atoms with van der Waals surface area (Å²) in [5, 5.41) is 5.70. The van der Waals surface area contributed by atoms with Crippen LogP contribution in [0.5, 0.6) is 0 Å². The number of carbonyl (C=O) groups excluding carboxylic acids is 1. The highest BCUT2D eigenvalue weighted by Gasteiger charge is 2.29. The lowest BCUT2D eigenvalue weighted by atomic mass is 10.1. The van der Waals surface area contributed by atoms with Crippen molar-refractivity contribution in [3.8, 4) is 0 Å². The van der Waals surface area contributed by atoms with Gasteiger partial charge in [0.1, 0.15) is 0 Å². The Morgan fingerprint density at radius 2 is 2.30 bits per heavy atom. The maximum Gasteiger partial charge on any atom is 0.319 e. The van der Waals surface area contributed by atoms with Crippen molar-refractivity contribution < 1.29 is 9.00 Å². The summed E-state index contributed by atoms with van der Waals surface area (Å²) in [6.07, 6.45) is 3.98. The molecular formula is C14H20N2O2S2. The van der Waals surface area contributed by atoms with E-state index in [1.807, 2.05) is 11.8 Å². The molecule has 1 fully saturated rings. The molecule has 0 radical (unpaired) electrons. The molecule has 2 atom stereocenters. The van der Waals surface area contributed by atoms with E-state index in [4.69, 9.17) is 0 Å². The molecule has 0 bridgehead atoms. The van der Waals surface area contributed by atoms with Crippen LogP contribution in [0.2, 0.25) is 0 Å². The highest BCUT2D eigenvalue weighted by atomic mass is 32.2. The second-order valence-electron chi connectivity index (χ2n) is 5.19. The van der Waals surface area contributed by atoms with Crippen molar-refractivity contribution in [1.82, 2.24) is 5.32 Å². The molecule has 2 rings (SSSR count). The first kappa shape index (κ1) is 15.4. The molecule has 2 amide bonds. The Bertz CT molecular complexity index is 514. The van der Waals surface area contributed by atoms with Crippen LogP contribution in [0, 0.1) is 0 Å². The number of urea groups is 1. The number of hydrogen-bond acceptors (Lipinski definition) is 3. The van der Waals surface area contributed by atoms with E-state index in [0.717, 1.165) is 6.42 Å². The van der Waals surface area contributed by atoms with Crippen LogP contribution in [-0.2, 0) is 10.8 Å². The van der Waals surface area contributed by atoms with Gasteiger partial charge in [0, 0.05) is 38.9 Å². The number of hydrogen-bond donors (Lipinski definition) is 2. The van der Waals surface area contributed by atoms with Crippen LogP contribution in [0.25, 0.3) is 0 Å².